The Hall–Kier alpha value is -1.69. The lowest BCUT2D eigenvalue weighted by atomic mass is 10.3. The standard InChI is InChI=1S/C13H19N5O/c19-12-3-1-6-18(12)11-16-7-9-17(10-8-16)13-14-4-2-5-15-13/h2,4-5H,1,3,6-11H2. The van der Waals surface area contributed by atoms with Crippen LogP contribution < -0.4 is 4.90 Å². The number of amides is 1. The van der Waals surface area contributed by atoms with E-state index in [1.807, 2.05) is 11.0 Å². The second-order valence-corrected chi connectivity index (χ2v) is 5.06. The van der Waals surface area contributed by atoms with Crippen molar-refractivity contribution >= 4 is 11.9 Å². The van der Waals surface area contributed by atoms with Crippen molar-refractivity contribution in [3.05, 3.63) is 18.5 Å². The van der Waals surface area contributed by atoms with Crippen molar-refractivity contribution in [2.24, 2.45) is 0 Å². The van der Waals surface area contributed by atoms with Gasteiger partial charge < -0.3 is 9.80 Å². The molecule has 0 aliphatic carbocycles. The fourth-order valence-electron chi connectivity index (χ4n) is 2.64. The maximum Gasteiger partial charge on any atom is 0.225 e. The lowest BCUT2D eigenvalue weighted by Crippen LogP contribution is -2.50. The highest BCUT2D eigenvalue weighted by molar-refractivity contribution is 5.77. The van der Waals surface area contributed by atoms with Crippen LogP contribution in [0, 0.1) is 0 Å². The van der Waals surface area contributed by atoms with Gasteiger partial charge in [-0.25, -0.2) is 9.97 Å². The Morgan fingerprint density at radius 3 is 2.42 bits per heavy atom. The fourth-order valence-corrected chi connectivity index (χ4v) is 2.64. The Morgan fingerprint density at radius 2 is 1.79 bits per heavy atom. The van der Waals surface area contributed by atoms with Crippen LogP contribution in [0.5, 0.6) is 0 Å². The molecule has 6 heteroatoms. The van der Waals surface area contributed by atoms with Gasteiger partial charge in [-0.15, -0.1) is 0 Å². The number of nitrogens with zero attached hydrogens (tertiary/aromatic N) is 5. The Balaban J connectivity index is 1.51. The summed E-state index contributed by atoms with van der Waals surface area (Å²) in [6, 6.07) is 1.83. The van der Waals surface area contributed by atoms with E-state index in [1.165, 1.54) is 0 Å². The number of likely N-dealkylation sites (tertiary alicyclic amines) is 1. The predicted octanol–water partition coefficient (Wildman–Crippen LogP) is 0.178. The fraction of sp³-hybridized carbons (Fsp3) is 0.615. The summed E-state index contributed by atoms with van der Waals surface area (Å²) in [5, 5.41) is 0. The molecule has 19 heavy (non-hydrogen) atoms. The molecule has 0 aromatic carbocycles. The average molecular weight is 261 g/mol. The number of anilines is 1. The second kappa shape index (κ2) is 5.52. The van der Waals surface area contributed by atoms with E-state index in [4.69, 9.17) is 0 Å². The lowest BCUT2D eigenvalue weighted by Gasteiger charge is -2.36. The molecule has 2 saturated heterocycles. The molecule has 2 aliphatic rings. The topological polar surface area (TPSA) is 52.6 Å². The van der Waals surface area contributed by atoms with E-state index in [9.17, 15) is 4.79 Å². The van der Waals surface area contributed by atoms with Gasteiger partial charge in [-0.3, -0.25) is 9.69 Å². The van der Waals surface area contributed by atoms with Gasteiger partial charge in [0.05, 0.1) is 6.67 Å². The molecule has 0 saturated carbocycles. The lowest BCUT2D eigenvalue weighted by molar-refractivity contribution is -0.129. The molecule has 0 N–H and O–H groups in total. The predicted molar refractivity (Wildman–Crippen MR) is 71.6 cm³/mol. The van der Waals surface area contributed by atoms with Crippen LogP contribution >= 0.6 is 0 Å². The van der Waals surface area contributed by atoms with E-state index in [2.05, 4.69) is 19.8 Å². The molecule has 3 heterocycles. The molecular weight excluding hydrogens is 242 g/mol. The molecule has 0 radical (unpaired) electrons. The Bertz CT molecular complexity index is 430. The molecule has 102 valence electrons. The first kappa shape index (κ1) is 12.3. The van der Waals surface area contributed by atoms with Crippen LogP contribution in [0.2, 0.25) is 0 Å². The molecule has 3 rings (SSSR count). The van der Waals surface area contributed by atoms with E-state index in [0.29, 0.717) is 5.91 Å². The third kappa shape index (κ3) is 2.84. The van der Waals surface area contributed by atoms with Crippen LogP contribution in [0.25, 0.3) is 0 Å². The summed E-state index contributed by atoms with van der Waals surface area (Å²) < 4.78 is 0. The van der Waals surface area contributed by atoms with Crippen LogP contribution in [0.3, 0.4) is 0 Å². The maximum atomic E-state index is 11.6. The SMILES string of the molecule is O=C1CCCN1CN1CCN(c2ncccn2)CC1. The maximum absolute atomic E-state index is 11.6. The van der Waals surface area contributed by atoms with E-state index >= 15 is 0 Å². The van der Waals surface area contributed by atoms with Crippen molar-refractivity contribution in [2.45, 2.75) is 12.8 Å². The molecule has 0 bridgehead atoms. The monoisotopic (exact) mass is 261 g/mol. The highest BCUT2D eigenvalue weighted by Crippen LogP contribution is 2.13. The number of aromatic nitrogens is 2. The number of piperazine rings is 1. The molecule has 6 nitrogen and oxygen atoms in total. The Morgan fingerprint density at radius 1 is 1.05 bits per heavy atom. The van der Waals surface area contributed by atoms with Crippen LogP contribution in [0.4, 0.5) is 5.95 Å². The Labute approximate surface area is 113 Å². The molecule has 0 spiro atoms. The second-order valence-electron chi connectivity index (χ2n) is 5.06. The van der Waals surface area contributed by atoms with E-state index in [0.717, 1.165) is 58.2 Å². The highest BCUT2D eigenvalue weighted by Gasteiger charge is 2.25. The zero-order chi connectivity index (χ0) is 13.1. The molecule has 2 fully saturated rings. The normalized spacial score (nSPS) is 21.2. The zero-order valence-corrected chi connectivity index (χ0v) is 11.0. The van der Waals surface area contributed by atoms with Crippen LogP contribution in [-0.2, 0) is 4.79 Å². The van der Waals surface area contributed by atoms with Gasteiger partial charge >= 0.3 is 0 Å². The molecular formula is C13H19N5O. The summed E-state index contributed by atoms with van der Waals surface area (Å²) in [6.45, 7) is 5.46. The first-order chi connectivity index (χ1) is 9.33. The van der Waals surface area contributed by atoms with E-state index in [-0.39, 0.29) is 0 Å². The number of carbonyl (C=O) groups excluding carboxylic acids is 1. The van der Waals surface area contributed by atoms with Crippen molar-refractivity contribution < 1.29 is 4.79 Å². The van der Waals surface area contributed by atoms with Crippen molar-refractivity contribution in [2.75, 3.05) is 44.3 Å². The summed E-state index contributed by atoms with van der Waals surface area (Å²) >= 11 is 0. The molecule has 1 aromatic rings. The van der Waals surface area contributed by atoms with Gasteiger partial charge in [0.1, 0.15) is 0 Å². The minimum atomic E-state index is 0.300. The van der Waals surface area contributed by atoms with E-state index in [1.54, 1.807) is 12.4 Å². The smallest absolute Gasteiger partial charge is 0.225 e. The Kier molecular flexibility index (Phi) is 3.59. The van der Waals surface area contributed by atoms with Crippen molar-refractivity contribution in [3.8, 4) is 0 Å². The van der Waals surface area contributed by atoms with E-state index < -0.39 is 0 Å². The van der Waals surface area contributed by atoms with Crippen molar-refractivity contribution in [3.63, 3.8) is 0 Å². The minimum absolute atomic E-state index is 0.300. The quantitative estimate of drug-likeness (QED) is 0.777. The zero-order valence-electron chi connectivity index (χ0n) is 11.0. The van der Waals surface area contributed by atoms with Gasteiger partial charge in [0.15, 0.2) is 0 Å². The summed E-state index contributed by atoms with van der Waals surface area (Å²) in [4.78, 5) is 26.7. The third-order valence-corrected chi connectivity index (χ3v) is 3.75. The summed E-state index contributed by atoms with van der Waals surface area (Å²) in [7, 11) is 0. The van der Waals surface area contributed by atoms with Crippen molar-refractivity contribution in [1.82, 2.24) is 19.8 Å². The van der Waals surface area contributed by atoms with Crippen LogP contribution in [0.15, 0.2) is 18.5 Å². The number of hydrogen-bond acceptors (Lipinski definition) is 5. The van der Waals surface area contributed by atoms with Gasteiger partial charge in [-0.2, -0.15) is 0 Å². The minimum Gasteiger partial charge on any atom is -0.338 e. The van der Waals surface area contributed by atoms with Gasteiger partial charge in [-0.05, 0) is 12.5 Å². The van der Waals surface area contributed by atoms with Gasteiger partial charge in [0.25, 0.3) is 0 Å². The van der Waals surface area contributed by atoms with Gasteiger partial charge in [0, 0.05) is 51.5 Å². The third-order valence-electron chi connectivity index (χ3n) is 3.75. The number of carbonyl (C=O) groups is 1. The average Bonchev–Trinajstić information content (AvgIpc) is 2.86. The number of rotatable bonds is 3. The molecule has 1 amide bonds. The summed E-state index contributed by atoms with van der Waals surface area (Å²) in [5.74, 6) is 1.10. The molecule has 1 aromatic heterocycles. The first-order valence-electron chi connectivity index (χ1n) is 6.85. The molecule has 0 unspecified atom stereocenters. The van der Waals surface area contributed by atoms with Gasteiger partial charge in [0.2, 0.25) is 11.9 Å². The van der Waals surface area contributed by atoms with Gasteiger partial charge in [-0.1, -0.05) is 0 Å². The summed E-state index contributed by atoms with van der Waals surface area (Å²) in [6.07, 6.45) is 5.28. The van der Waals surface area contributed by atoms with Crippen LogP contribution in [-0.4, -0.2) is 65.1 Å². The molecule has 2 aliphatic heterocycles. The number of hydrogen-bond donors (Lipinski definition) is 0. The van der Waals surface area contributed by atoms with Crippen LogP contribution in [0.1, 0.15) is 12.8 Å². The highest BCUT2D eigenvalue weighted by atomic mass is 16.2. The largest absolute Gasteiger partial charge is 0.338 e. The molecule has 0 atom stereocenters. The first-order valence-corrected chi connectivity index (χ1v) is 6.85. The summed E-state index contributed by atoms with van der Waals surface area (Å²) in [5.41, 5.74) is 0. The van der Waals surface area contributed by atoms with Crippen molar-refractivity contribution in [1.29, 1.82) is 0 Å².